The van der Waals surface area contributed by atoms with Gasteiger partial charge in [0.1, 0.15) is 0 Å². The lowest BCUT2D eigenvalue weighted by Crippen LogP contribution is -2.31. The van der Waals surface area contributed by atoms with Crippen LogP contribution < -0.4 is 0 Å². The molecule has 1 saturated carbocycles. The Morgan fingerprint density at radius 1 is 1.25 bits per heavy atom. The molecule has 0 spiro atoms. The molecule has 1 aliphatic rings. The van der Waals surface area contributed by atoms with E-state index < -0.39 is 0 Å². The van der Waals surface area contributed by atoms with Crippen LogP contribution in [0.2, 0.25) is 0 Å². The molecule has 3 aromatic rings. The summed E-state index contributed by atoms with van der Waals surface area (Å²) >= 11 is 0. The van der Waals surface area contributed by atoms with Crippen molar-refractivity contribution in [3.05, 3.63) is 59.4 Å². The SMILES string of the molecule is CCCN(Cc1ccccc1)C(=O)c1cc(C2CC2)nc2c1cnn2C(C)C. The van der Waals surface area contributed by atoms with Crippen molar-refractivity contribution in [2.24, 2.45) is 0 Å². The molecule has 1 aromatic carbocycles. The van der Waals surface area contributed by atoms with Crippen molar-refractivity contribution < 1.29 is 4.79 Å². The first-order valence-corrected chi connectivity index (χ1v) is 10.3. The molecule has 1 fully saturated rings. The number of carbonyl (C=O) groups excluding carboxylic acids is 1. The lowest BCUT2D eigenvalue weighted by molar-refractivity contribution is 0.0745. The lowest BCUT2D eigenvalue weighted by atomic mass is 10.1. The van der Waals surface area contributed by atoms with Crippen LogP contribution in [0.5, 0.6) is 0 Å². The fraction of sp³-hybridized carbons (Fsp3) is 0.435. The summed E-state index contributed by atoms with van der Waals surface area (Å²) in [7, 11) is 0. The molecule has 1 amide bonds. The lowest BCUT2D eigenvalue weighted by Gasteiger charge is -2.23. The molecule has 0 aliphatic heterocycles. The summed E-state index contributed by atoms with van der Waals surface area (Å²) in [6, 6.07) is 12.4. The first-order chi connectivity index (χ1) is 13.6. The molecule has 0 atom stereocenters. The van der Waals surface area contributed by atoms with Crippen molar-refractivity contribution in [3.63, 3.8) is 0 Å². The molecule has 2 heterocycles. The highest BCUT2D eigenvalue weighted by Gasteiger charge is 2.29. The van der Waals surface area contributed by atoms with Crippen LogP contribution in [-0.4, -0.2) is 32.1 Å². The van der Waals surface area contributed by atoms with E-state index in [2.05, 4.69) is 38.0 Å². The topological polar surface area (TPSA) is 51.0 Å². The van der Waals surface area contributed by atoms with Crippen LogP contribution in [0.3, 0.4) is 0 Å². The third kappa shape index (κ3) is 3.66. The van der Waals surface area contributed by atoms with Crippen molar-refractivity contribution in [2.75, 3.05) is 6.54 Å². The number of nitrogens with zero attached hydrogens (tertiary/aromatic N) is 4. The fourth-order valence-corrected chi connectivity index (χ4v) is 3.68. The average Bonchev–Trinajstić information content (AvgIpc) is 3.46. The van der Waals surface area contributed by atoms with Gasteiger partial charge in [-0.05, 0) is 44.7 Å². The molecule has 0 radical (unpaired) electrons. The summed E-state index contributed by atoms with van der Waals surface area (Å²) < 4.78 is 1.93. The van der Waals surface area contributed by atoms with E-state index in [9.17, 15) is 4.79 Å². The predicted octanol–water partition coefficient (Wildman–Crippen LogP) is 4.94. The zero-order valence-electron chi connectivity index (χ0n) is 16.9. The molecule has 0 saturated heterocycles. The van der Waals surface area contributed by atoms with Crippen LogP contribution in [0.25, 0.3) is 11.0 Å². The van der Waals surface area contributed by atoms with Crippen molar-refractivity contribution in [2.45, 2.75) is 58.5 Å². The number of benzene rings is 1. The molecule has 0 bridgehead atoms. The normalized spacial score (nSPS) is 14.0. The van der Waals surface area contributed by atoms with Gasteiger partial charge in [-0.1, -0.05) is 37.3 Å². The van der Waals surface area contributed by atoms with E-state index in [1.807, 2.05) is 33.8 Å². The molecule has 146 valence electrons. The van der Waals surface area contributed by atoms with Crippen molar-refractivity contribution in [3.8, 4) is 0 Å². The van der Waals surface area contributed by atoms with E-state index in [-0.39, 0.29) is 11.9 Å². The van der Waals surface area contributed by atoms with Gasteiger partial charge in [0.05, 0.1) is 17.1 Å². The quantitative estimate of drug-likeness (QED) is 0.587. The number of hydrogen-bond donors (Lipinski definition) is 0. The largest absolute Gasteiger partial charge is 0.334 e. The summed E-state index contributed by atoms with van der Waals surface area (Å²) in [6.45, 7) is 7.65. The summed E-state index contributed by atoms with van der Waals surface area (Å²) in [6.07, 6.45) is 5.04. The van der Waals surface area contributed by atoms with Gasteiger partial charge < -0.3 is 4.90 Å². The van der Waals surface area contributed by atoms with Crippen LogP contribution in [0.4, 0.5) is 0 Å². The van der Waals surface area contributed by atoms with E-state index in [0.29, 0.717) is 12.5 Å². The van der Waals surface area contributed by atoms with Crippen molar-refractivity contribution in [1.82, 2.24) is 19.7 Å². The second kappa shape index (κ2) is 7.74. The summed E-state index contributed by atoms with van der Waals surface area (Å²) in [5.41, 5.74) is 3.76. The van der Waals surface area contributed by atoms with Crippen LogP contribution in [0.1, 0.15) is 73.6 Å². The number of hydrogen-bond acceptors (Lipinski definition) is 3. The van der Waals surface area contributed by atoms with Gasteiger partial charge in [-0.3, -0.25) is 4.79 Å². The second-order valence-electron chi connectivity index (χ2n) is 8.00. The van der Waals surface area contributed by atoms with E-state index in [0.717, 1.165) is 53.7 Å². The van der Waals surface area contributed by atoms with Crippen molar-refractivity contribution in [1.29, 1.82) is 0 Å². The Morgan fingerprint density at radius 3 is 2.64 bits per heavy atom. The Bertz CT molecular complexity index is 973. The van der Waals surface area contributed by atoms with Crippen LogP contribution in [0, 0.1) is 0 Å². The monoisotopic (exact) mass is 376 g/mol. The minimum atomic E-state index is 0.0725. The Hall–Kier alpha value is -2.69. The molecule has 0 N–H and O–H groups in total. The Morgan fingerprint density at radius 2 is 2.00 bits per heavy atom. The Labute approximate surface area is 166 Å². The smallest absolute Gasteiger partial charge is 0.255 e. The molecular weight excluding hydrogens is 348 g/mol. The van der Waals surface area contributed by atoms with Gasteiger partial charge in [-0.15, -0.1) is 0 Å². The van der Waals surface area contributed by atoms with Crippen molar-refractivity contribution >= 4 is 16.9 Å². The third-order valence-corrected chi connectivity index (χ3v) is 5.30. The van der Waals surface area contributed by atoms with E-state index in [1.54, 1.807) is 6.20 Å². The highest BCUT2D eigenvalue weighted by molar-refractivity contribution is 6.05. The number of fused-ring (bicyclic) bond motifs is 1. The summed E-state index contributed by atoms with van der Waals surface area (Å²) in [5, 5.41) is 5.39. The highest BCUT2D eigenvalue weighted by atomic mass is 16.2. The van der Waals surface area contributed by atoms with E-state index in [1.165, 1.54) is 0 Å². The minimum absolute atomic E-state index is 0.0725. The molecule has 0 unspecified atom stereocenters. The van der Waals surface area contributed by atoms with Gasteiger partial charge in [0.15, 0.2) is 5.65 Å². The minimum Gasteiger partial charge on any atom is -0.334 e. The van der Waals surface area contributed by atoms with E-state index in [4.69, 9.17) is 4.98 Å². The molecule has 1 aliphatic carbocycles. The molecule has 5 heteroatoms. The number of amides is 1. The fourth-order valence-electron chi connectivity index (χ4n) is 3.68. The zero-order chi connectivity index (χ0) is 19.7. The first-order valence-electron chi connectivity index (χ1n) is 10.3. The second-order valence-corrected chi connectivity index (χ2v) is 8.00. The van der Waals surface area contributed by atoms with Gasteiger partial charge >= 0.3 is 0 Å². The maximum Gasteiger partial charge on any atom is 0.255 e. The predicted molar refractivity (Wildman–Crippen MR) is 111 cm³/mol. The molecular formula is C23H28N4O. The van der Waals surface area contributed by atoms with Gasteiger partial charge in [-0.25, -0.2) is 9.67 Å². The summed E-state index contributed by atoms with van der Waals surface area (Å²) in [5.74, 6) is 0.559. The van der Waals surface area contributed by atoms with Gasteiger partial charge in [0, 0.05) is 30.7 Å². The number of carbonyl (C=O) groups is 1. The molecule has 2 aromatic heterocycles. The van der Waals surface area contributed by atoms with Crippen LogP contribution in [0.15, 0.2) is 42.6 Å². The third-order valence-electron chi connectivity index (χ3n) is 5.30. The Balaban J connectivity index is 1.76. The number of pyridine rings is 1. The summed E-state index contributed by atoms with van der Waals surface area (Å²) in [4.78, 5) is 20.4. The van der Waals surface area contributed by atoms with E-state index >= 15 is 0 Å². The molecule has 5 nitrogen and oxygen atoms in total. The number of aromatic nitrogens is 3. The zero-order valence-corrected chi connectivity index (χ0v) is 16.9. The van der Waals surface area contributed by atoms with Gasteiger partial charge in [0.2, 0.25) is 0 Å². The average molecular weight is 377 g/mol. The first kappa shape index (κ1) is 18.7. The standard InChI is InChI=1S/C23H28N4O/c1-4-12-26(15-17-8-6-5-7-9-17)23(28)19-13-21(18-10-11-18)25-22-20(19)14-24-27(22)16(2)3/h5-9,13-14,16,18H,4,10-12,15H2,1-3H3. The van der Waals surface area contributed by atoms with Crippen LogP contribution in [-0.2, 0) is 6.54 Å². The molecule has 4 rings (SSSR count). The van der Waals surface area contributed by atoms with Gasteiger partial charge in [0.25, 0.3) is 5.91 Å². The van der Waals surface area contributed by atoms with Crippen LogP contribution >= 0.6 is 0 Å². The van der Waals surface area contributed by atoms with Gasteiger partial charge in [-0.2, -0.15) is 5.10 Å². The number of rotatable bonds is 7. The maximum atomic E-state index is 13.6. The molecule has 28 heavy (non-hydrogen) atoms. The Kier molecular flexibility index (Phi) is 5.16. The highest BCUT2D eigenvalue weighted by Crippen LogP contribution is 2.40. The maximum absolute atomic E-state index is 13.6.